The van der Waals surface area contributed by atoms with Crippen LogP contribution in [0.4, 0.5) is 10.1 Å². The van der Waals surface area contributed by atoms with Crippen LogP contribution >= 0.6 is 0 Å². The largest absolute Gasteiger partial charge is 0.400 e. The molecule has 0 fully saturated rings. The van der Waals surface area contributed by atoms with E-state index >= 15 is 0 Å². The summed E-state index contributed by atoms with van der Waals surface area (Å²) in [5.41, 5.74) is 12.7. The zero-order valence-corrected chi connectivity index (χ0v) is 8.28. The first-order valence-electron chi connectivity index (χ1n) is 4.33. The summed E-state index contributed by atoms with van der Waals surface area (Å²) < 4.78 is 12.0. The summed E-state index contributed by atoms with van der Waals surface area (Å²) in [6.07, 6.45) is 0.566. The lowest BCUT2D eigenvalue weighted by atomic mass is 10.1. The minimum absolute atomic E-state index is 0.395. The third-order valence-electron chi connectivity index (χ3n) is 1.68. The van der Waals surface area contributed by atoms with Crippen LogP contribution in [0.2, 0.25) is 0 Å². The second-order valence-electron chi connectivity index (χ2n) is 2.86. The van der Waals surface area contributed by atoms with E-state index in [9.17, 15) is 4.39 Å². The number of hydrogen-bond donors (Lipinski definition) is 3. The van der Waals surface area contributed by atoms with Gasteiger partial charge in [0.1, 0.15) is 6.67 Å². The van der Waals surface area contributed by atoms with E-state index in [-0.39, 0.29) is 0 Å². The summed E-state index contributed by atoms with van der Waals surface area (Å²) in [4.78, 5) is 0. The Morgan fingerprint density at radius 2 is 1.79 bits per heavy atom. The minimum Gasteiger partial charge on any atom is -0.400 e. The summed E-state index contributed by atoms with van der Waals surface area (Å²) in [6, 6.07) is 6.92. The molecule has 80 valence electrons. The molecule has 1 aromatic carbocycles. The van der Waals surface area contributed by atoms with Gasteiger partial charge in [0.05, 0.1) is 0 Å². The van der Waals surface area contributed by atoms with Crippen molar-refractivity contribution in [2.45, 2.75) is 12.5 Å². The molecule has 3 nitrogen and oxygen atoms in total. The van der Waals surface area contributed by atoms with Gasteiger partial charge in [-0.15, -0.1) is 0 Å². The Morgan fingerprint density at radius 1 is 1.29 bits per heavy atom. The molecule has 1 aromatic rings. The van der Waals surface area contributed by atoms with Crippen LogP contribution in [-0.2, 0) is 6.42 Å². The van der Waals surface area contributed by atoms with Gasteiger partial charge in [0, 0.05) is 18.8 Å². The molecule has 0 heterocycles. The number of benzene rings is 1. The molecule has 0 saturated heterocycles. The monoisotopic (exact) mass is 200 g/mol. The Hall–Kier alpha value is -1.13. The van der Waals surface area contributed by atoms with Gasteiger partial charge in [-0.2, -0.15) is 0 Å². The van der Waals surface area contributed by atoms with Crippen molar-refractivity contribution in [1.82, 2.24) is 0 Å². The fourth-order valence-corrected chi connectivity index (χ4v) is 1.01. The number of hydrogen-bond acceptors (Lipinski definition) is 3. The lowest BCUT2D eigenvalue weighted by Gasteiger charge is -2.06. The maximum absolute atomic E-state index is 12.0. The molecule has 0 aliphatic heterocycles. The molecule has 4 heteroatoms. The Bertz CT molecular complexity index is 238. The second-order valence-corrected chi connectivity index (χ2v) is 2.86. The van der Waals surface area contributed by atoms with Crippen molar-refractivity contribution in [3.05, 3.63) is 29.8 Å². The van der Waals surface area contributed by atoms with E-state index in [1.54, 1.807) is 12.1 Å². The number of rotatable bonds is 3. The van der Waals surface area contributed by atoms with Gasteiger partial charge >= 0.3 is 0 Å². The molecular weight excluding hydrogens is 183 g/mol. The topological polar surface area (TPSA) is 72.3 Å². The van der Waals surface area contributed by atoms with Crippen LogP contribution in [-0.4, -0.2) is 24.9 Å². The van der Waals surface area contributed by atoms with Crippen LogP contribution in [0.25, 0.3) is 0 Å². The highest BCUT2D eigenvalue weighted by Crippen LogP contribution is 2.07. The predicted octanol–water partition coefficient (Wildman–Crippen LogP) is 0.717. The summed E-state index contributed by atoms with van der Waals surface area (Å²) in [7, 11) is 1.00. The van der Waals surface area contributed by atoms with Crippen LogP contribution in [0, 0.1) is 0 Å². The Balaban J connectivity index is 0.000000791. The van der Waals surface area contributed by atoms with E-state index in [0.29, 0.717) is 12.1 Å². The Labute approximate surface area is 83.5 Å². The normalized spacial score (nSPS) is 11.4. The summed E-state index contributed by atoms with van der Waals surface area (Å²) in [5, 5.41) is 7.00. The first-order chi connectivity index (χ1) is 6.72. The third-order valence-corrected chi connectivity index (χ3v) is 1.68. The SMILES string of the molecule is CO.Nc1ccc(CC(N)CF)cc1. The van der Waals surface area contributed by atoms with Gasteiger partial charge in [-0.3, -0.25) is 0 Å². The minimum atomic E-state index is -0.482. The van der Waals surface area contributed by atoms with Gasteiger partial charge in [-0.05, 0) is 24.1 Å². The molecule has 0 spiro atoms. The number of alkyl halides is 1. The molecular formula is C10H17FN2O. The molecule has 0 radical (unpaired) electrons. The zero-order valence-electron chi connectivity index (χ0n) is 8.28. The van der Waals surface area contributed by atoms with Crippen LogP contribution in [0.5, 0.6) is 0 Å². The zero-order chi connectivity index (χ0) is 11.0. The fourth-order valence-electron chi connectivity index (χ4n) is 1.01. The molecule has 0 saturated carbocycles. The van der Waals surface area contributed by atoms with E-state index in [4.69, 9.17) is 16.6 Å². The molecule has 0 amide bonds. The van der Waals surface area contributed by atoms with E-state index < -0.39 is 12.7 Å². The van der Waals surface area contributed by atoms with E-state index in [2.05, 4.69) is 0 Å². The standard InChI is InChI=1S/C9H13FN2.CH4O/c10-6-9(12)5-7-1-3-8(11)4-2-7;1-2/h1-4,9H,5-6,11-12H2;2H,1H3. The second kappa shape index (κ2) is 7.29. The molecule has 5 N–H and O–H groups in total. The van der Waals surface area contributed by atoms with Crippen LogP contribution in [0.15, 0.2) is 24.3 Å². The van der Waals surface area contributed by atoms with Crippen molar-refractivity contribution in [2.24, 2.45) is 5.73 Å². The van der Waals surface area contributed by atoms with Crippen LogP contribution in [0.3, 0.4) is 0 Å². The number of anilines is 1. The van der Waals surface area contributed by atoms with Crippen molar-refractivity contribution < 1.29 is 9.50 Å². The predicted molar refractivity (Wildman–Crippen MR) is 56.7 cm³/mol. The first kappa shape index (κ1) is 12.9. The number of nitrogens with two attached hydrogens (primary N) is 2. The third kappa shape index (κ3) is 4.79. The van der Waals surface area contributed by atoms with Crippen LogP contribution < -0.4 is 11.5 Å². The molecule has 1 atom stereocenters. The molecule has 14 heavy (non-hydrogen) atoms. The van der Waals surface area contributed by atoms with Crippen molar-refractivity contribution >= 4 is 5.69 Å². The Kier molecular flexibility index (Phi) is 6.70. The van der Waals surface area contributed by atoms with Crippen molar-refractivity contribution in [3.63, 3.8) is 0 Å². The molecule has 1 rings (SSSR count). The summed E-state index contributed by atoms with van der Waals surface area (Å²) in [6.45, 7) is -0.482. The lowest BCUT2D eigenvalue weighted by molar-refractivity contribution is 0.399. The number of halogens is 1. The maximum atomic E-state index is 12.0. The maximum Gasteiger partial charge on any atom is 0.105 e. The van der Waals surface area contributed by atoms with Gasteiger partial charge in [-0.25, -0.2) is 4.39 Å². The fraction of sp³-hybridized carbons (Fsp3) is 0.400. The van der Waals surface area contributed by atoms with Gasteiger partial charge in [-0.1, -0.05) is 12.1 Å². The quantitative estimate of drug-likeness (QED) is 0.629. The first-order valence-corrected chi connectivity index (χ1v) is 4.33. The van der Waals surface area contributed by atoms with E-state index in [0.717, 1.165) is 12.7 Å². The number of aliphatic hydroxyl groups excluding tert-OH is 1. The molecule has 1 unspecified atom stereocenters. The average Bonchev–Trinajstić information content (AvgIpc) is 2.24. The van der Waals surface area contributed by atoms with Crippen LogP contribution in [0.1, 0.15) is 5.56 Å². The highest BCUT2D eigenvalue weighted by molar-refractivity contribution is 5.39. The van der Waals surface area contributed by atoms with Gasteiger partial charge in [0.2, 0.25) is 0 Å². The highest BCUT2D eigenvalue weighted by atomic mass is 19.1. The van der Waals surface area contributed by atoms with Crippen molar-refractivity contribution in [3.8, 4) is 0 Å². The summed E-state index contributed by atoms with van der Waals surface area (Å²) >= 11 is 0. The van der Waals surface area contributed by atoms with Gasteiger partial charge < -0.3 is 16.6 Å². The molecule has 0 bridgehead atoms. The van der Waals surface area contributed by atoms with Gasteiger partial charge in [0.15, 0.2) is 0 Å². The molecule has 0 aromatic heterocycles. The number of aliphatic hydroxyl groups is 1. The average molecular weight is 200 g/mol. The highest BCUT2D eigenvalue weighted by Gasteiger charge is 2.01. The van der Waals surface area contributed by atoms with Crippen molar-refractivity contribution in [1.29, 1.82) is 0 Å². The molecule has 0 aliphatic rings. The van der Waals surface area contributed by atoms with E-state index in [1.807, 2.05) is 12.1 Å². The van der Waals surface area contributed by atoms with Crippen molar-refractivity contribution in [2.75, 3.05) is 19.5 Å². The van der Waals surface area contributed by atoms with Gasteiger partial charge in [0.25, 0.3) is 0 Å². The summed E-state index contributed by atoms with van der Waals surface area (Å²) in [5.74, 6) is 0. The lowest BCUT2D eigenvalue weighted by Crippen LogP contribution is -2.24. The molecule has 0 aliphatic carbocycles. The number of nitrogen functional groups attached to an aromatic ring is 1. The smallest absolute Gasteiger partial charge is 0.105 e. The Morgan fingerprint density at radius 3 is 2.21 bits per heavy atom. The van der Waals surface area contributed by atoms with E-state index in [1.165, 1.54) is 0 Å².